The minimum atomic E-state index is -1.21. The van der Waals surface area contributed by atoms with E-state index in [1.807, 2.05) is 0 Å². The molecule has 0 aliphatic heterocycles. The summed E-state index contributed by atoms with van der Waals surface area (Å²) in [6, 6.07) is 1.25. The lowest BCUT2D eigenvalue weighted by Gasteiger charge is -2.12. The van der Waals surface area contributed by atoms with Crippen LogP contribution in [0.3, 0.4) is 0 Å². The number of primary amides is 1. The Labute approximate surface area is 88.1 Å². The van der Waals surface area contributed by atoms with E-state index in [1.54, 1.807) is 0 Å². The minimum absolute atomic E-state index is 0.211. The van der Waals surface area contributed by atoms with Gasteiger partial charge in [-0.25, -0.2) is 9.18 Å². The predicted molar refractivity (Wildman–Crippen MR) is 50.3 cm³/mol. The van der Waals surface area contributed by atoms with Crippen molar-refractivity contribution in [2.75, 3.05) is 5.01 Å². The smallest absolute Gasteiger partial charge is 0.341 e. The Bertz CT molecular complexity index is 463. The third-order valence-corrected chi connectivity index (χ3v) is 1.68. The third kappa shape index (κ3) is 2.08. The molecule has 0 saturated heterocycles. The molecule has 0 fully saturated rings. The second kappa shape index (κ2) is 4.29. The van der Waals surface area contributed by atoms with E-state index in [0.29, 0.717) is 0 Å². The molecule has 0 heterocycles. The molecule has 8 nitrogen and oxygen atoms in total. The molecule has 2 amide bonds. The maximum atomic E-state index is 13.2. The van der Waals surface area contributed by atoms with E-state index >= 15 is 0 Å². The summed E-state index contributed by atoms with van der Waals surface area (Å²) in [5, 5.41) is 13.3. The Kier molecular flexibility index (Phi) is 3.09. The van der Waals surface area contributed by atoms with E-state index in [1.165, 1.54) is 0 Å². The van der Waals surface area contributed by atoms with Crippen LogP contribution in [-0.2, 0) is 0 Å². The van der Waals surface area contributed by atoms with Crippen LogP contribution in [0.4, 0.5) is 20.6 Å². The summed E-state index contributed by atoms with van der Waals surface area (Å²) in [7, 11) is 0. The standard InChI is InChI=1S/C7H6FN5O3/c8-5-2-1-4(13(15)16)3-6(5)12(11-10)7(9)14/h1-3,10H,(H2,9,14). The van der Waals surface area contributed by atoms with E-state index < -0.39 is 28.1 Å². The van der Waals surface area contributed by atoms with Crippen molar-refractivity contribution >= 4 is 17.4 Å². The molecule has 1 aromatic rings. The van der Waals surface area contributed by atoms with Crippen LogP contribution in [0, 0.1) is 21.5 Å². The Morgan fingerprint density at radius 3 is 2.69 bits per heavy atom. The number of rotatable bonds is 3. The summed E-state index contributed by atoms with van der Waals surface area (Å²) in [5.74, 6) is -0.944. The Morgan fingerprint density at radius 2 is 2.25 bits per heavy atom. The fourth-order valence-corrected chi connectivity index (χ4v) is 0.999. The van der Waals surface area contributed by atoms with Crippen molar-refractivity contribution in [1.82, 2.24) is 0 Å². The van der Waals surface area contributed by atoms with Gasteiger partial charge in [0.25, 0.3) is 5.69 Å². The molecular weight excluding hydrogens is 221 g/mol. The number of hydrogen-bond donors (Lipinski definition) is 2. The molecular formula is C7H6FN5O3. The van der Waals surface area contributed by atoms with Crippen LogP contribution < -0.4 is 10.7 Å². The van der Waals surface area contributed by atoms with Crippen molar-refractivity contribution in [1.29, 1.82) is 5.53 Å². The van der Waals surface area contributed by atoms with Gasteiger partial charge in [0.2, 0.25) is 0 Å². The van der Waals surface area contributed by atoms with Gasteiger partial charge in [-0.15, -0.1) is 0 Å². The molecule has 0 aliphatic rings. The molecule has 0 aliphatic carbocycles. The molecule has 1 rings (SSSR count). The number of amides is 2. The Hall–Kier alpha value is -2.58. The highest BCUT2D eigenvalue weighted by Gasteiger charge is 2.19. The number of carbonyl (C=O) groups is 1. The van der Waals surface area contributed by atoms with Crippen LogP contribution in [-0.4, -0.2) is 11.0 Å². The maximum Gasteiger partial charge on any atom is 0.341 e. The van der Waals surface area contributed by atoms with Crippen molar-refractivity contribution < 1.29 is 14.1 Å². The fourth-order valence-electron chi connectivity index (χ4n) is 0.999. The topological polar surface area (TPSA) is 126 Å². The van der Waals surface area contributed by atoms with Crippen LogP contribution in [0.2, 0.25) is 0 Å². The van der Waals surface area contributed by atoms with E-state index in [-0.39, 0.29) is 5.01 Å². The van der Waals surface area contributed by atoms with Gasteiger partial charge in [0.1, 0.15) is 11.5 Å². The zero-order valence-corrected chi connectivity index (χ0v) is 7.75. The number of nitrogens with two attached hydrogens (primary N) is 1. The molecule has 0 radical (unpaired) electrons. The van der Waals surface area contributed by atoms with Gasteiger partial charge in [0, 0.05) is 12.1 Å². The number of carbonyl (C=O) groups excluding carboxylic acids is 1. The largest absolute Gasteiger partial charge is 0.350 e. The average molecular weight is 227 g/mol. The second-order valence-corrected chi connectivity index (χ2v) is 2.64. The van der Waals surface area contributed by atoms with E-state index in [9.17, 15) is 19.3 Å². The fraction of sp³-hybridized carbons (Fsp3) is 0. The lowest BCUT2D eigenvalue weighted by atomic mass is 10.2. The molecule has 0 bridgehead atoms. The van der Waals surface area contributed by atoms with Gasteiger partial charge in [-0.1, -0.05) is 5.22 Å². The Balaban J connectivity index is 3.30. The predicted octanol–water partition coefficient (Wildman–Crippen LogP) is 1.56. The molecule has 16 heavy (non-hydrogen) atoms. The molecule has 1 aromatic carbocycles. The average Bonchev–Trinajstić information content (AvgIpc) is 2.20. The van der Waals surface area contributed by atoms with Gasteiger partial charge in [-0.05, 0) is 6.07 Å². The van der Waals surface area contributed by atoms with E-state index in [4.69, 9.17) is 11.3 Å². The summed E-state index contributed by atoms with van der Waals surface area (Å²) in [4.78, 5) is 20.4. The highest BCUT2D eigenvalue weighted by atomic mass is 19.1. The zero-order valence-electron chi connectivity index (χ0n) is 7.75. The molecule has 0 spiro atoms. The van der Waals surface area contributed by atoms with Crippen molar-refractivity contribution in [3.05, 3.63) is 34.1 Å². The van der Waals surface area contributed by atoms with Gasteiger partial charge in [0.15, 0.2) is 0 Å². The summed E-state index contributed by atoms with van der Waals surface area (Å²) < 4.78 is 13.2. The number of nitro benzene ring substituents is 1. The first-order valence-electron chi connectivity index (χ1n) is 3.88. The molecule has 0 atom stereocenters. The molecule has 0 aromatic heterocycles. The number of non-ortho nitro benzene ring substituents is 1. The van der Waals surface area contributed by atoms with Gasteiger partial charge in [-0.2, -0.15) is 10.5 Å². The molecule has 0 unspecified atom stereocenters. The summed E-state index contributed by atoms with van der Waals surface area (Å²) in [6.07, 6.45) is 0. The molecule has 3 N–H and O–H groups in total. The first-order valence-corrected chi connectivity index (χ1v) is 3.88. The first-order chi connectivity index (χ1) is 7.47. The highest BCUT2D eigenvalue weighted by Crippen LogP contribution is 2.24. The van der Waals surface area contributed by atoms with Crippen LogP contribution in [0.5, 0.6) is 0 Å². The Morgan fingerprint density at radius 1 is 1.62 bits per heavy atom. The van der Waals surface area contributed by atoms with Gasteiger partial charge >= 0.3 is 6.03 Å². The number of nitrogens with one attached hydrogen (secondary N) is 1. The lowest BCUT2D eigenvalue weighted by molar-refractivity contribution is -0.384. The zero-order chi connectivity index (χ0) is 12.3. The van der Waals surface area contributed by atoms with Crippen LogP contribution in [0.25, 0.3) is 0 Å². The quantitative estimate of drug-likeness (QED) is 0.462. The van der Waals surface area contributed by atoms with Crippen LogP contribution in [0.15, 0.2) is 23.4 Å². The summed E-state index contributed by atoms with van der Waals surface area (Å²) >= 11 is 0. The van der Waals surface area contributed by atoms with Gasteiger partial charge < -0.3 is 5.73 Å². The molecule has 0 saturated carbocycles. The SMILES string of the molecule is N=NN(C(N)=O)c1cc([N+](=O)[O-])ccc1F. The normalized spacial score (nSPS) is 9.56. The van der Waals surface area contributed by atoms with Crippen molar-refractivity contribution in [2.24, 2.45) is 11.0 Å². The summed E-state index contributed by atoms with van der Waals surface area (Å²) in [5.41, 5.74) is 10.4. The van der Waals surface area contributed by atoms with E-state index in [0.717, 1.165) is 18.2 Å². The second-order valence-electron chi connectivity index (χ2n) is 2.64. The number of benzene rings is 1. The number of nitro groups is 1. The number of hydrogen-bond acceptors (Lipinski definition) is 5. The number of urea groups is 1. The summed E-state index contributed by atoms with van der Waals surface area (Å²) in [6.45, 7) is 0. The highest BCUT2D eigenvalue weighted by molar-refractivity contribution is 5.90. The monoisotopic (exact) mass is 227 g/mol. The van der Waals surface area contributed by atoms with Crippen molar-refractivity contribution in [2.45, 2.75) is 0 Å². The van der Waals surface area contributed by atoms with Crippen molar-refractivity contribution in [3.8, 4) is 0 Å². The number of nitrogens with zero attached hydrogens (tertiary/aromatic N) is 3. The first kappa shape index (κ1) is 11.5. The number of anilines is 1. The van der Waals surface area contributed by atoms with E-state index in [2.05, 4.69) is 5.22 Å². The lowest BCUT2D eigenvalue weighted by Crippen LogP contribution is -2.31. The molecule has 84 valence electrons. The molecule has 9 heteroatoms. The maximum absolute atomic E-state index is 13.2. The van der Waals surface area contributed by atoms with Crippen molar-refractivity contribution in [3.63, 3.8) is 0 Å². The van der Waals surface area contributed by atoms with Gasteiger partial charge in [0.05, 0.1) is 4.92 Å². The minimum Gasteiger partial charge on any atom is -0.350 e. The van der Waals surface area contributed by atoms with Crippen LogP contribution >= 0.6 is 0 Å². The number of halogens is 1. The third-order valence-electron chi connectivity index (χ3n) is 1.68. The van der Waals surface area contributed by atoms with Crippen LogP contribution in [0.1, 0.15) is 0 Å². The van der Waals surface area contributed by atoms with Gasteiger partial charge in [-0.3, -0.25) is 10.1 Å².